The molecule has 4 aromatic rings. The Hall–Kier alpha value is -3.92. The molecule has 7 nitrogen and oxygen atoms in total. The highest BCUT2D eigenvalue weighted by molar-refractivity contribution is 5.73. The molecule has 2 aromatic carbocycles. The molecule has 0 atom stereocenters. The summed E-state index contributed by atoms with van der Waals surface area (Å²) in [6, 6.07) is 16.9. The van der Waals surface area contributed by atoms with Crippen LogP contribution in [0.5, 0.6) is 0 Å². The number of hydrogen-bond donors (Lipinski definition) is 0. The van der Waals surface area contributed by atoms with E-state index in [1.54, 1.807) is 23.0 Å². The van der Waals surface area contributed by atoms with Gasteiger partial charge in [0.2, 0.25) is 0 Å². The molecule has 7 heteroatoms. The first-order valence-electron chi connectivity index (χ1n) is 10.2. The first-order valence-corrected chi connectivity index (χ1v) is 10.2. The molecule has 0 fully saturated rings. The molecule has 0 aliphatic carbocycles. The molecule has 0 spiro atoms. The van der Waals surface area contributed by atoms with Gasteiger partial charge in [0.1, 0.15) is 0 Å². The first-order chi connectivity index (χ1) is 14.9. The van der Waals surface area contributed by atoms with E-state index in [4.69, 9.17) is 0 Å². The molecule has 0 radical (unpaired) electrons. The summed E-state index contributed by atoms with van der Waals surface area (Å²) in [5, 5.41) is 9.18. The van der Waals surface area contributed by atoms with E-state index < -0.39 is 5.69 Å². The molecule has 0 aliphatic rings. The Morgan fingerprint density at radius 2 is 1.87 bits per heavy atom. The number of nitrogens with zero attached hydrogens (tertiary/aromatic N) is 5. The van der Waals surface area contributed by atoms with E-state index >= 15 is 0 Å². The maximum absolute atomic E-state index is 13.4. The highest BCUT2D eigenvalue weighted by atomic mass is 16.2. The van der Waals surface area contributed by atoms with Crippen molar-refractivity contribution in [1.29, 1.82) is 5.26 Å². The number of aryl methyl sites for hydroxylation is 1. The Kier molecular flexibility index (Phi) is 5.30. The average Bonchev–Trinajstić information content (AvgIpc) is 3.15. The van der Waals surface area contributed by atoms with Gasteiger partial charge in [-0.05, 0) is 42.2 Å². The number of rotatable bonds is 5. The van der Waals surface area contributed by atoms with Crippen LogP contribution >= 0.6 is 0 Å². The largest absolute Gasteiger partial charge is 0.337 e. The third kappa shape index (κ3) is 3.68. The second-order valence-electron chi connectivity index (χ2n) is 8.07. The van der Waals surface area contributed by atoms with Crippen LogP contribution in [0.2, 0.25) is 0 Å². The first kappa shape index (κ1) is 20.4. The third-order valence-electron chi connectivity index (χ3n) is 5.21. The topological polar surface area (TPSA) is 85.6 Å². The molecule has 0 bridgehead atoms. The number of hydrogen-bond acceptors (Lipinski definition) is 4. The van der Waals surface area contributed by atoms with Crippen molar-refractivity contribution in [2.75, 3.05) is 0 Å². The predicted octanol–water partition coefficient (Wildman–Crippen LogP) is 3.23. The summed E-state index contributed by atoms with van der Waals surface area (Å²) < 4.78 is 4.57. The van der Waals surface area contributed by atoms with E-state index in [1.807, 2.05) is 57.2 Å². The Morgan fingerprint density at radius 1 is 1.10 bits per heavy atom. The van der Waals surface area contributed by atoms with Crippen molar-refractivity contribution in [3.63, 3.8) is 0 Å². The van der Waals surface area contributed by atoms with Crippen LogP contribution < -0.4 is 11.2 Å². The fraction of sp³-hybridized carbons (Fsp3) is 0.250. The van der Waals surface area contributed by atoms with E-state index in [-0.39, 0.29) is 11.5 Å². The number of nitriles is 1. The Morgan fingerprint density at radius 3 is 2.58 bits per heavy atom. The molecule has 2 heterocycles. The summed E-state index contributed by atoms with van der Waals surface area (Å²) >= 11 is 0. The van der Waals surface area contributed by atoms with Crippen molar-refractivity contribution >= 4 is 11.2 Å². The summed E-state index contributed by atoms with van der Waals surface area (Å²) in [5.41, 5.74) is 3.00. The quantitative estimate of drug-likeness (QED) is 0.503. The number of aromatic nitrogens is 4. The summed E-state index contributed by atoms with van der Waals surface area (Å²) in [6.07, 6.45) is 1.58. The van der Waals surface area contributed by atoms with E-state index in [0.29, 0.717) is 35.5 Å². The monoisotopic (exact) mass is 413 g/mol. The minimum atomic E-state index is -0.391. The van der Waals surface area contributed by atoms with Crippen LogP contribution in [-0.2, 0) is 13.1 Å². The summed E-state index contributed by atoms with van der Waals surface area (Å²) in [6.45, 7) is 6.55. The third-order valence-corrected chi connectivity index (χ3v) is 5.21. The van der Waals surface area contributed by atoms with Gasteiger partial charge in [0.25, 0.3) is 5.56 Å². The molecule has 0 N–H and O–H groups in total. The van der Waals surface area contributed by atoms with E-state index in [0.717, 1.165) is 11.1 Å². The fourth-order valence-electron chi connectivity index (χ4n) is 3.79. The maximum atomic E-state index is 13.4. The summed E-state index contributed by atoms with van der Waals surface area (Å²) in [7, 11) is 0. The standard InChI is InChI=1S/C24H23N5O2/c1-16(2)13-28-23(30)21-22(29(24(28)31)20-10-5-4-7-17(20)3)26-15-27(21)14-19-9-6-8-18(11-19)12-25/h4-11,15-16H,13-14H2,1-3H3. The smallest absolute Gasteiger partial charge is 0.320 e. The summed E-state index contributed by atoms with van der Waals surface area (Å²) in [4.78, 5) is 31.2. The van der Waals surface area contributed by atoms with Crippen molar-refractivity contribution in [1.82, 2.24) is 18.7 Å². The van der Waals surface area contributed by atoms with E-state index in [2.05, 4.69) is 11.1 Å². The van der Waals surface area contributed by atoms with Crippen molar-refractivity contribution in [3.05, 3.63) is 92.4 Å². The second-order valence-corrected chi connectivity index (χ2v) is 8.07. The Labute approximate surface area is 179 Å². The highest BCUT2D eigenvalue weighted by Crippen LogP contribution is 2.18. The van der Waals surface area contributed by atoms with Gasteiger partial charge >= 0.3 is 5.69 Å². The highest BCUT2D eigenvalue weighted by Gasteiger charge is 2.20. The molecule has 4 rings (SSSR count). The van der Waals surface area contributed by atoms with Gasteiger partial charge in [-0.25, -0.2) is 14.3 Å². The van der Waals surface area contributed by atoms with Crippen LogP contribution in [-0.4, -0.2) is 18.7 Å². The van der Waals surface area contributed by atoms with Gasteiger partial charge < -0.3 is 4.57 Å². The molecule has 0 aliphatic heterocycles. The zero-order chi connectivity index (χ0) is 22.1. The Bertz CT molecular complexity index is 1430. The SMILES string of the molecule is Cc1ccccc1-n1c(=O)n(CC(C)C)c(=O)c2c1ncn2Cc1cccc(C#N)c1. The van der Waals surface area contributed by atoms with E-state index in [9.17, 15) is 14.9 Å². The maximum Gasteiger partial charge on any atom is 0.337 e. The predicted molar refractivity (Wildman–Crippen MR) is 119 cm³/mol. The van der Waals surface area contributed by atoms with Crippen LogP contribution in [0.1, 0.15) is 30.5 Å². The van der Waals surface area contributed by atoms with Crippen molar-refractivity contribution < 1.29 is 0 Å². The molecule has 156 valence electrons. The lowest BCUT2D eigenvalue weighted by Gasteiger charge is -2.15. The van der Waals surface area contributed by atoms with Gasteiger partial charge in [-0.2, -0.15) is 5.26 Å². The zero-order valence-electron chi connectivity index (χ0n) is 17.7. The van der Waals surface area contributed by atoms with Gasteiger partial charge in [-0.15, -0.1) is 0 Å². The van der Waals surface area contributed by atoms with Crippen LogP contribution in [0.15, 0.2) is 64.4 Å². The van der Waals surface area contributed by atoms with E-state index in [1.165, 1.54) is 9.13 Å². The van der Waals surface area contributed by atoms with Crippen molar-refractivity contribution in [3.8, 4) is 11.8 Å². The van der Waals surface area contributed by atoms with Crippen molar-refractivity contribution in [2.24, 2.45) is 5.92 Å². The Balaban J connectivity index is 2.00. The van der Waals surface area contributed by atoms with Crippen LogP contribution in [0.3, 0.4) is 0 Å². The van der Waals surface area contributed by atoms with Gasteiger partial charge in [-0.1, -0.05) is 44.2 Å². The molecule has 2 aromatic heterocycles. The van der Waals surface area contributed by atoms with Gasteiger partial charge in [0.15, 0.2) is 11.2 Å². The lowest BCUT2D eigenvalue weighted by Crippen LogP contribution is -2.41. The van der Waals surface area contributed by atoms with Gasteiger partial charge in [0.05, 0.1) is 23.6 Å². The fourth-order valence-corrected chi connectivity index (χ4v) is 3.79. The minimum Gasteiger partial charge on any atom is -0.320 e. The van der Waals surface area contributed by atoms with Gasteiger partial charge in [-0.3, -0.25) is 9.36 Å². The lowest BCUT2D eigenvalue weighted by atomic mass is 10.1. The molecule has 0 unspecified atom stereocenters. The molecule has 0 saturated heterocycles. The van der Waals surface area contributed by atoms with Crippen LogP contribution in [0.25, 0.3) is 16.9 Å². The molecular formula is C24H23N5O2. The van der Waals surface area contributed by atoms with Crippen molar-refractivity contribution in [2.45, 2.75) is 33.9 Å². The molecular weight excluding hydrogens is 390 g/mol. The second kappa shape index (κ2) is 8.07. The molecule has 0 amide bonds. The minimum absolute atomic E-state index is 0.122. The normalized spacial score (nSPS) is 11.2. The lowest BCUT2D eigenvalue weighted by molar-refractivity contribution is 0.488. The number of para-hydroxylation sites is 1. The molecule has 0 saturated carbocycles. The number of imidazole rings is 1. The van der Waals surface area contributed by atoms with Crippen LogP contribution in [0.4, 0.5) is 0 Å². The summed E-state index contributed by atoms with van der Waals surface area (Å²) in [5.74, 6) is 0.122. The zero-order valence-corrected chi connectivity index (χ0v) is 17.7. The van der Waals surface area contributed by atoms with Gasteiger partial charge in [0, 0.05) is 13.1 Å². The number of fused-ring (bicyclic) bond motifs is 1. The van der Waals surface area contributed by atoms with Crippen LogP contribution in [0, 0.1) is 24.2 Å². The molecule has 31 heavy (non-hydrogen) atoms. The average molecular weight is 413 g/mol. The number of benzene rings is 2.